The molecule has 43 heavy (non-hydrogen) atoms. The molecule has 5 rings (SSSR count). The summed E-state index contributed by atoms with van der Waals surface area (Å²) in [6, 6.07) is 18.8. The number of carbonyl (C=O) groups is 1. The lowest BCUT2D eigenvalue weighted by Crippen LogP contribution is -2.41. The zero-order valence-corrected chi connectivity index (χ0v) is 24.4. The topological polar surface area (TPSA) is 79.1 Å². The van der Waals surface area contributed by atoms with Gasteiger partial charge in [-0.05, 0) is 54.0 Å². The summed E-state index contributed by atoms with van der Waals surface area (Å²) < 4.78 is 60.4. The second-order valence-corrected chi connectivity index (χ2v) is 10.7. The molecule has 1 atom stereocenters. The molecule has 0 fully saturated rings. The van der Waals surface area contributed by atoms with Crippen LogP contribution in [0.4, 0.5) is 13.2 Å². The first-order valence-corrected chi connectivity index (χ1v) is 14.2. The lowest BCUT2D eigenvalue weighted by Gasteiger charge is -2.26. The Kier molecular flexibility index (Phi) is 8.74. The van der Waals surface area contributed by atoms with Gasteiger partial charge in [0.2, 0.25) is 0 Å². The first kappa shape index (κ1) is 30.1. The van der Waals surface area contributed by atoms with E-state index in [0.717, 1.165) is 21.5 Å². The Bertz CT molecular complexity index is 1870. The van der Waals surface area contributed by atoms with Gasteiger partial charge in [-0.3, -0.25) is 9.36 Å². The maximum atomic E-state index is 14.3. The zero-order valence-electron chi connectivity index (χ0n) is 22.9. The minimum atomic E-state index is -4.97. The lowest BCUT2D eigenvalue weighted by molar-refractivity contribution is -0.140. The minimum absolute atomic E-state index is 0.114. The molecule has 0 saturated heterocycles. The van der Waals surface area contributed by atoms with Crippen LogP contribution in [0.5, 0.6) is 11.5 Å². The van der Waals surface area contributed by atoms with E-state index in [2.05, 4.69) is 4.99 Å². The van der Waals surface area contributed by atoms with Gasteiger partial charge in [-0.25, -0.2) is 9.79 Å². The molecule has 1 aliphatic heterocycles. The van der Waals surface area contributed by atoms with Crippen molar-refractivity contribution in [3.8, 4) is 11.5 Å². The van der Waals surface area contributed by atoms with Gasteiger partial charge in [0.25, 0.3) is 5.56 Å². The third-order valence-corrected chi connectivity index (χ3v) is 7.74. The van der Waals surface area contributed by atoms with E-state index in [-0.39, 0.29) is 22.5 Å². The van der Waals surface area contributed by atoms with Gasteiger partial charge >= 0.3 is 12.1 Å². The quantitative estimate of drug-likeness (QED) is 0.238. The highest BCUT2D eigenvalue weighted by atomic mass is 35.5. The fourth-order valence-corrected chi connectivity index (χ4v) is 5.70. The summed E-state index contributed by atoms with van der Waals surface area (Å²) in [6.07, 6.45) is -3.45. The molecule has 0 amide bonds. The summed E-state index contributed by atoms with van der Waals surface area (Å²) in [6.45, 7) is 1.59. The maximum absolute atomic E-state index is 14.3. The smallest absolute Gasteiger partial charge is 0.434 e. The SMILES string of the molecule is CCOC(=O)C1=C(C(F)(F)F)N=c2s/c(=C/c3ccc(OCc4ccc(Cl)cc4)c(OC)c3)c(=O)n2C1c1ccccc1. The number of hydrogen-bond acceptors (Lipinski definition) is 7. The standard InChI is InChI=1S/C31H24ClF3N2O5S/c1-3-41-29(39)25-26(20-7-5-4-6-8-20)37-28(38)24(43-30(37)36-27(25)31(33,34)35)16-19-11-14-22(23(15-19)40-2)42-17-18-9-12-21(32)13-10-18/h4-16,26H,3,17H2,1-2H3/b24-16+. The molecule has 0 N–H and O–H groups in total. The monoisotopic (exact) mass is 628 g/mol. The average molecular weight is 629 g/mol. The van der Waals surface area contributed by atoms with Crippen LogP contribution >= 0.6 is 22.9 Å². The van der Waals surface area contributed by atoms with Crippen molar-refractivity contribution in [2.24, 2.45) is 4.99 Å². The number of rotatable bonds is 8. The summed E-state index contributed by atoms with van der Waals surface area (Å²) in [4.78, 5) is 30.3. The summed E-state index contributed by atoms with van der Waals surface area (Å²) >= 11 is 6.73. The molecule has 2 heterocycles. The first-order valence-electron chi connectivity index (χ1n) is 13.0. The molecule has 0 saturated carbocycles. The van der Waals surface area contributed by atoms with Crippen molar-refractivity contribution in [2.45, 2.75) is 25.7 Å². The molecule has 0 aliphatic carbocycles. The van der Waals surface area contributed by atoms with E-state index in [9.17, 15) is 22.8 Å². The van der Waals surface area contributed by atoms with E-state index in [1.165, 1.54) is 20.1 Å². The summed E-state index contributed by atoms with van der Waals surface area (Å²) in [5.41, 5.74) is -1.01. The second-order valence-electron chi connectivity index (χ2n) is 9.30. The number of methoxy groups -OCH3 is 1. The lowest BCUT2D eigenvalue weighted by atomic mass is 9.95. The van der Waals surface area contributed by atoms with Gasteiger partial charge in [0.1, 0.15) is 6.61 Å². The molecule has 0 radical (unpaired) electrons. The number of aromatic nitrogens is 1. The molecule has 4 aromatic rings. The van der Waals surface area contributed by atoms with Crippen LogP contribution in [0, 0.1) is 0 Å². The highest BCUT2D eigenvalue weighted by Gasteiger charge is 2.45. The summed E-state index contributed by atoms with van der Waals surface area (Å²) in [5, 5.41) is 0.609. The predicted octanol–water partition coefficient (Wildman–Crippen LogP) is 5.58. The molecule has 12 heteroatoms. The van der Waals surface area contributed by atoms with Crippen LogP contribution in [0.15, 0.2) is 93.9 Å². The molecular formula is C31H24ClF3N2O5S. The molecular weight excluding hydrogens is 605 g/mol. The van der Waals surface area contributed by atoms with Gasteiger partial charge in [0, 0.05) is 5.02 Å². The molecule has 1 unspecified atom stereocenters. The molecule has 3 aromatic carbocycles. The minimum Gasteiger partial charge on any atom is -0.493 e. The van der Waals surface area contributed by atoms with Gasteiger partial charge in [-0.15, -0.1) is 0 Å². The Morgan fingerprint density at radius 3 is 2.44 bits per heavy atom. The Balaban J connectivity index is 1.59. The van der Waals surface area contributed by atoms with Gasteiger partial charge in [-0.2, -0.15) is 13.2 Å². The molecule has 7 nitrogen and oxygen atoms in total. The number of allylic oxidation sites excluding steroid dienone is 1. The number of esters is 1. The van der Waals surface area contributed by atoms with E-state index in [1.54, 1.807) is 60.7 Å². The largest absolute Gasteiger partial charge is 0.493 e. The number of alkyl halides is 3. The number of thiazole rings is 1. The highest BCUT2D eigenvalue weighted by molar-refractivity contribution is 7.07. The molecule has 0 bridgehead atoms. The van der Waals surface area contributed by atoms with E-state index in [0.29, 0.717) is 27.6 Å². The Hall–Kier alpha value is -4.35. The third kappa shape index (κ3) is 6.37. The van der Waals surface area contributed by atoms with Crippen molar-refractivity contribution < 1.29 is 32.2 Å². The van der Waals surface area contributed by atoms with Gasteiger partial charge in [-0.1, -0.05) is 71.5 Å². The summed E-state index contributed by atoms with van der Waals surface area (Å²) in [5.74, 6) is -0.351. The van der Waals surface area contributed by atoms with E-state index < -0.39 is 35.0 Å². The third-order valence-electron chi connectivity index (χ3n) is 6.50. The number of benzene rings is 3. The van der Waals surface area contributed by atoms with Crippen molar-refractivity contribution in [3.05, 3.63) is 125 Å². The number of ether oxygens (including phenoxy) is 3. The second kappa shape index (κ2) is 12.5. The van der Waals surface area contributed by atoms with E-state index >= 15 is 0 Å². The van der Waals surface area contributed by atoms with Crippen LogP contribution in [0.25, 0.3) is 6.08 Å². The fourth-order valence-electron chi connectivity index (χ4n) is 4.58. The molecule has 1 aliphatic rings. The zero-order chi connectivity index (χ0) is 30.7. The van der Waals surface area contributed by atoms with Crippen LogP contribution < -0.4 is 24.4 Å². The number of halogens is 4. The van der Waals surface area contributed by atoms with Gasteiger partial charge < -0.3 is 14.2 Å². The number of carbonyl (C=O) groups excluding carboxylic acids is 1. The average Bonchev–Trinajstić information content (AvgIpc) is 3.30. The normalized spacial score (nSPS) is 15.1. The summed E-state index contributed by atoms with van der Waals surface area (Å²) in [7, 11) is 1.47. The fraction of sp³-hybridized carbons (Fsp3) is 0.194. The van der Waals surface area contributed by atoms with Crippen LogP contribution in [0.1, 0.15) is 29.7 Å². The van der Waals surface area contributed by atoms with Crippen LogP contribution in [0.3, 0.4) is 0 Å². The molecule has 1 aromatic heterocycles. The maximum Gasteiger partial charge on any atom is 0.434 e. The molecule has 0 spiro atoms. The van der Waals surface area contributed by atoms with Crippen molar-refractivity contribution in [1.29, 1.82) is 0 Å². The van der Waals surface area contributed by atoms with Crippen molar-refractivity contribution in [2.75, 3.05) is 13.7 Å². The highest BCUT2D eigenvalue weighted by Crippen LogP contribution is 2.38. The van der Waals surface area contributed by atoms with Crippen LogP contribution in [0.2, 0.25) is 5.02 Å². The Morgan fingerprint density at radius 2 is 1.79 bits per heavy atom. The van der Waals surface area contributed by atoms with Crippen molar-refractivity contribution in [3.63, 3.8) is 0 Å². The van der Waals surface area contributed by atoms with E-state index in [1.807, 2.05) is 12.1 Å². The molecule has 222 valence electrons. The predicted molar refractivity (Wildman–Crippen MR) is 156 cm³/mol. The number of hydrogen-bond donors (Lipinski definition) is 0. The van der Waals surface area contributed by atoms with Crippen LogP contribution in [-0.2, 0) is 16.1 Å². The van der Waals surface area contributed by atoms with E-state index in [4.69, 9.17) is 25.8 Å². The number of fused-ring (bicyclic) bond motifs is 1. The van der Waals surface area contributed by atoms with Crippen molar-refractivity contribution >= 4 is 35.0 Å². The Morgan fingerprint density at radius 1 is 1.07 bits per heavy atom. The van der Waals surface area contributed by atoms with Crippen LogP contribution in [-0.4, -0.2) is 30.4 Å². The Labute approximate surface area is 252 Å². The van der Waals surface area contributed by atoms with Gasteiger partial charge in [0.05, 0.1) is 29.9 Å². The number of nitrogens with zero attached hydrogens (tertiary/aromatic N) is 2. The van der Waals surface area contributed by atoms with Gasteiger partial charge in [0.15, 0.2) is 22.0 Å². The van der Waals surface area contributed by atoms with Crippen molar-refractivity contribution in [1.82, 2.24) is 4.57 Å². The first-order chi connectivity index (χ1) is 20.6.